The third-order valence-electron chi connectivity index (χ3n) is 4.35. The van der Waals surface area contributed by atoms with Crippen molar-refractivity contribution in [3.63, 3.8) is 0 Å². The highest BCUT2D eigenvalue weighted by Crippen LogP contribution is 2.26. The van der Waals surface area contributed by atoms with Crippen molar-refractivity contribution in [2.24, 2.45) is 0 Å². The maximum atomic E-state index is 14.0. The van der Waals surface area contributed by atoms with Gasteiger partial charge in [0.2, 0.25) is 5.82 Å². The Morgan fingerprint density at radius 3 is 2.07 bits per heavy atom. The van der Waals surface area contributed by atoms with Gasteiger partial charge in [-0.3, -0.25) is 4.68 Å². The van der Waals surface area contributed by atoms with Gasteiger partial charge >= 0.3 is 0 Å². The van der Waals surface area contributed by atoms with Gasteiger partial charge in [-0.2, -0.15) is 5.10 Å². The summed E-state index contributed by atoms with van der Waals surface area (Å²) in [5.41, 5.74) is 0.102. The van der Waals surface area contributed by atoms with Crippen LogP contribution in [-0.4, -0.2) is 14.9 Å². The minimum atomic E-state index is -2.23. The van der Waals surface area contributed by atoms with Gasteiger partial charge in [0.15, 0.2) is 28.4 Å². The lowest BCUT2D eigenvalue weighted by Crippen LogP contribution is -2.20. The van der Waals surface area contributed by atoms with Crippen LogP contribution in [0.4, 0.5) is 37.7 Å². The van der Waals surface area contributed by atoms with Crippen molar-refractivity contribution in [1.29, 1.82) is 0 Å². The van der Waals surface area contributed by atoms with Crippen LogP contribution in [0.2, 0.25) is 0 Å². The van der Waals surface area contributed by atoms with E-state index in [1.807, 2.05) is 0 Å². The molecular formula is C19H14F6N4S. The SMILES string of the molecule is Cc1nn(Cc2c(F)c(F)c(F)c(F)c2F)c(C)c1NC(=S)Nc1ccccc1F. The number of anilines is 2. The lowest BCUT2D eigenvalue weighted by molar-refractivity contribution is 0.366. The summed E-state index contributed by atoms with van der Waals surface area (Å²) >= 11 is 5.14. The Hall–Kier alpha value is -3.08. The van der Waals surface area contributed by atoms with Gasteiger partial charge in [0.25, 0.3) is 0 Å². The number of aryl methyl sites for hydroxylation is 1. The van der Waals surface area contributed by atoms with Gasteiger partial charge in [-0.15, -0.1) is 0 Å². The van der Waals surface area contributed by atoms with Crippen molar-refractivity contribution in [1.82, 2.24) is 9.78 Å². The molecule has 2 N–H and O–H groups in total. The zero-order valence-electron chi connectivity index (χ0n) is 15.6. The largest absolute Gasteiger partial charge is 0.330 e. The molecule has 1 aromatic heterocycles. The van der Waals surface area contributed by atoms with Crippen LogP contribution < -0.4 is 10.6 Å². The number of aromatic nitrogens is 2. The maximum Gasteiger partial charge on any atom is 0.200 e. The van der Waals surface area contributed by atoms with Crippen LogP contribution >= 0.6 is 12.2 Å². The molecule has 0 aliphatic heterocycles. The van der Waals surface area contributed by atoms with Crippen molar-refractivity contribution in [3.05, 3.63) is 76.1 Å². The van der Waals surface area contributed by atoms with E-state index in [0.29, 0.717) is 17.1 Å². The number of benzene rings is 2. The number of hydrogen-bond acceptors (Lipinski definition) is 2. The van der Waals surface area contributed by atoms with Gasteiger partial charge in [0.1, 0.15) is 5.82 Å². The van der Waals surface area contributed by atoms with E-state index in [9.17, 15) is 26.3 Å². The Labute approximate surface area is 172 Å². The molecule has 158 valence electrons. The molecule has 3 rings (SSSR count). The number of para-hydroxylation sites is 1. The summed E-state index contributed by atoms with van der Waals surface area (Å²) in [6, 6.07) is 5.82. The summed E-state index contributed by atoms with van der Waals surface area (Å²) in [5, 5.41) is 9.54. The first-order valence-electron chi connectivity index (χ1n) is 8.48. The average molecular weight is 444 g/mol. The monoisotopic (exact) mass is 444 g/mol. The maximum absolute atomic E-state index is 14.0. The van der Waals surface area contributed by atoms with E-state index in [1.54, 1.807) is 13.0 Å². The standard InChI is InChI=1S/C19H14F6N4S/c1-8-18(27-19(30)26-12-6-4-3-5-11(12)20)9(2)29(28-8)7-10-13(21)15(23)17(25)16(24)14(10)22/h3-6H,7H2,1-2H3,(H2,26,27,30). The van der Waals surface area contributed by atoms with E-state index in [2.05, 4.69) is 15.7 Å². The number of hydrogen-bond donors (Lipinski definition) is 2. The minimum absolute atomic E-state index is 0.0158. The summed E-state index contributed by atoms with van der Waals surface area (Å²) < 4.78 is 82.9. The molecular weight excluding hydrogens is 430 g/mol. The summed E-state index contributed by atoms with van der Waals surface area (Å²) in [7, 11) is 0. The van der Waals surface area contributed by atoms with Gasteiger partial charge in [-0.05, 0) is 38.2 Å². The highest BCUT2D eigenvalue weighted by molar-refractivity contribution is 7.80. The number of nitrogens with one attached hydrogen (secondary N) is 2. The number of nitrogens with zero attached hydrogens (tertiary/aromatic N) is 2. The Morgan fingerprint density at radius 1 is 0.900 bits per heavy atom. The first-order chi connectivity index (χ1) is 14.1. The molecule has 0 spiro atoms. The number of thiocarbonyl (C=S) groups is 1. The molecule has 0 atom stereocenters. The van der Waals surface area contributed by atoms with Crippen LogP contribution in [0.5, 0.6) is 0 Å². The second-order valence-corrected chi connectivity index (χ2v) is 6.72. The zero-order valence-corrected chi connectivity index (χ0v) is 16.4. The fourth-order valence-electron chi connectivity index (χ4n) is 2.80. The molecule has 2 aromatic carbocycles. The Bertz CT molecular complexity index is 1120. The summed E-state index contributed by atoms with van der Waals surface area (Å²) in [6.45, 7) is 2.36. The van der Waals surface area contributed by atoms with Crippen molar-refractivity contribution in [3.8, 4) is 0 Å². The second kappa shape index (κ2) is 8.34. The Kier molecular flexibility index (Phi) is 6.01. The average Bonchev–Trinajstić information content (AvgIpc) is 2.97. The summed E-state index contributed by atoms with van der Waals surface area (Å²) in [4.78, 5) is 0. The van der Waals surface area contributed by atoms with Crippen molar-refractivity contribution in [2.45, 2.75) is 20.4 Å². The molecule has 30 heavy (non-hydrogen) atoms. The smallest absolute Gasteiger partial charge is 0.200 e. The molecule has 0 saturated heterocycles. The van der Waals surface area contributed by atoms with E-state index >= 15 is 0 Å². The highest BCUT2D eigenvalue weighted by Gasteiger charge is 2.26. The van der Waals surface area contributed by atoms with Gasteiger partial charge in [0.05, 0.1) is 34.9 Å². The summed E-state index contributed by atoms with van der Waals surface area (Å²) in [6.07, 6.45) is 0. The molecule has 0 radical (unpaired) electrons. The van der Waals surface area contributed by atoms with Gasteiger partial charge in [-0.25, -0.2) is 26.3 Å². The second-order valence-electron chi connectivity index (χ2n) is 6.31. The first kappa shape index (κ1) is 21.6. The lowest BCUT2D eigenvalue weighted by atomic mass is 10.1. The quantitative estimate of drug-likeness (QED) is 0.252. The molecule has 0 aliphatic rings. The van der Waals surface area contributed by atoms with Gasteiger partial charge < -0.3 is 10.6 Å². The van der Waals surface area contributed by atoms with Crippen molar-refractivity contribution in [2.75, 3.05) is 10.6 Å². The van der Waals surface area contributed by atoms with Crippen LogP contribution in [0.15, 0.2) is 24.3 Å². The van der Waals surface area contributed by atoms with Crippen LogP contribution in [0.25, 0.3) is 0 Å². The molecule has 0 amide bonds. The number of rotatable bonds is 4. The van der Waals surface area contributed by atoms with E-state index in [4.69, 9.17) is 12.2 Å². The van der Waals surface area contributed by atoms with Crippen LogP contribution in [0, 0.1) is 48.8 Å². The fraction of sp³-hybridized carbons (Fsp3) is 0.158. The summed E-state index contributed by atoms with van der Waals surface area (Å²) in [5.74, 6) is -10.7. The van der Waals surface area contributed by atoms with Crippen LogP contribution in [0.3, 0.4) is 0 Å². The molecule has 11 heteroatoms. The first-order valence-corrected chi connectivity index (χ1v) is 8.89. The van der Waals surface area contributed by atoms with Crippen LogP contribution in [-0.2, 0) is 6.54 Å². The molecule has 1 heterocycles. The Morgan fingerprint density at radius 2 is 1.47 bits per heavy atom. The number of halogens is 6. The highest BCUT2D eigenvalue weighted by atomic mass is 32.1. The zero-order chi connectivity index (χ0) is 22.2. The van der Waals surface area contributed by atoms with Crippen molar-refractivity contribution < 1.29 is 26.3 Å². The third kappa shape index (κ3) is 3.97. The molecule has 0 saturated carbocycles. The van der Waals surface area contributed by atoms with Crippen molar-refractivity contribution >= 4 is 28.7 Å². The lowest BCUT2D eigenvalue weighted by Gasteiger charge is -2.12. The van der Waals surface area contributed by atoms with E-state index in [-0.39, 0.29) is 10.8 Å². The molecule has 0 unspecified atom stereocenters. The van der Waals surface area contributed by atoms with E-state index < -0.39 is 47.0 Å². The van der Waals surface area contributed by atoms with Crippen LogP contribution in [0.1, 0.15) is 17.0 Å². The predicted molar refractivity (Wildman–Crippen MR) is 103 cm³/mol. The molecule has 0 aliphatic carbocycles. The van der Waals surface area contributed by atoms with Gasteiger partial charge in [0, 0.05) is 0 Å². The minimum Gasteiger partial charge on any atom is -0.330 e. The third-order valence-corrected chi connectivity index (χ3v) is 4.55. The predicted octanol–water partition coefficient (Wildman–Crippen LogP) is 5.19. The Balaban J connectivity index is 1.87. The molecule has 3 aromatic rings. The fourth-order valence-corrected chi connectivity index (χ4v) is 3.01. The normalized spacial score (nSPS) is 10.9. The topological polar surface area (TPSA) is 41.9 Å². The van der Waals surface area contributed by atoms with E-state index in [1.165, 1.54) is 25.1 Å². The van der Waals surface area contributed by atoms with Gasteiger partial charge in [-0.1, -0.05) is 12.1 Å². The molecule has 0 fully saturated rings. The molecule has 0 bridgehead atoms. The van der Waals surface area contributed by atoms with E-state index in [0.717, 1.165) is 4.68 Å². The molecule has 4 nitrogen and oxygen atoms in total.